The summed E-state index contributed by atoms with van der Waals surface area (Å²) in [7, 11) is -3.90. The van der Waals surface area contributed by atoms with Gasteiger partial charge in [0.1, 0.15) is 0 Å². The second-order valence-corrected chi connectivity index (χ2v) is 5.60. The van der Waals surface area contributed by atoms with Crippen LogP contribution >= 0.6 is 23.2 Å². The molecule has 0 spiro atoms. The first-order chi connectivity index (χ1) is 7.85. The van der Waals surface area contributed by atoms with Gasteiger partial charge in [0.15, 0.2) is 0 Å². The molecule has 0 radical (unpaired) electrons. The predicted octanol–water partition coefficient (Wildman–Crippen LogP) is 0.777. The average molecular weight is 299 g/mol. The van der Waals surface area contributed by atoms with E-state index in [4.69, 9.17) is 28.4 Å². The molecule has 0 heterocycles. The molecule has 1 amide bonds. The largest absolute Gasteiger partial charge is 0.289 e. The first kappa shape index (κ1) is 14.2. The van der Waals surface area contributed by atoms with E-state index < -0.39 is 22.5 Å². The Hall–Kier alpha value is -0.860. The SMILES string of the molecule is O=C(CNS(=O)(=O)c1cc(Cl)cc(Cl)c1)NO. The number of nitrogens with one attached hydrogen (secondary N) is 2. The van der Waals surface area contributed by atoms with Gasteiger partial charge in [-0.1, -0.05) is 23.2 Å². The minimum atomic E-state index is -3.90. The lowest BCUT2D eigenvalue weighted by Crippen LogP contribution is -2.35. The maximum atomic E-state index is 11.7. The molecule has 0 aliphatic rings. The van der Waals surface area contributed by atoms with Crippen LogP contribution in [0.5, 0.6) is 0 Å². The van der Waals surface area contributed by atoms with Crippen LogP contribution in [0.1, 0.15) is 0 Å². The van der Waals surface area contributed by atoms with Crippen LogP contribution in [-0.4, -0.2) is 26.1 Å². The molecule has 0 aliphatic heterocycles. The monoisotopic (exact) mass is 298 g/mol. The van der Waals surface area contributed by atoms with E-state index in [-0.39, 0.29) is 14.9 Å². The number of sulfonamides is 1. The van der Waals surface area contributed by atoms with Gasteiger partial charge in [-0.25, -0.2) is 18.6 Å². The van der Waals surface area contributed by atoms with E-state index in [1.807, 2.05) is 4.72 Å². The molecule has 94 valence electrons. The molecule has 9 heteroatoms. The number of halogens is 2. The lowest BCUT2D eigenvalue weighted by molar-refractivity contribution is -0.127. The number of amides is 1. The van der Waals surface area contributed by atoms with Gasteiger partial charge in [-0.3, -0.25) is 10.0 Å². The van der Waals surface area contributed by atoms with Crippen LogP contribution in [0.15, 0.2) is 23.1 Å². The van der Waals surface area contributed by atoms with E-state index in [0.29, 0.717) is 0 Å². The van der Waals surface area contributed by atoms with Gasteiger partial charge in [0.25, 0.3) is 5.91 Å². The van der Waals surface area contributed by atoms with Crippen LogP contribution in [0.3, 0.4) is 0 Å². The van der Waals surface area contributed by atoms with Crippen molar-refractivity contribution in [2.75, 3.05) is 6.54 Å². The number of hydroxylamine groups is 1. The van der Waals surface area contributed by atoms with Crippen molar-refractivity contribution in [3.05, 3.63) is 28.2 Å². The maximum Gasteiger partial charge on any atom is 0.258 e. The molecule has 0 aromatic heterocycles. The first-order valence-corrected chi connectivity index (χ1v) is 6.48. The number of hydrogen-bond acceptors (Lipinski definition) is 4. The van der Waals surface area contributed by atoms with E-state index >= 15 is 0 Å². The fourth-order valence-corrected chi connectivity index (χ4v) is 2.67. The van der Waals surface area contributed by atoms with Crippen molar-refractivity contribution in [2.24, 2.45) is 0 Å². The second-order valence-electron chi connectivity index (χ2n) is 2.96. The Balaban J connectivity index is 2.93. The lowest BCUT2D eigenvalue weighted by Gasteiger charge is -2.06. The van der Waals surface area contributed by atoms with Crippen molar-refractivity contribution in [3.8, 4) is 0 Å². The molecule has 0 fully saturated rings. The summed E-state index contributed by atoms with van der Waals surface area (Å²) in [6.07, 6.45) is 0. The number of carbonyl (C=O) groups excluding carboxylic acids is 1. The fourth-order valence-electron chi connectivity index (χ4n) is 0.967. The Morgan fingerprint density at radius 3 is 2.24 bits per heavy atom. The second kappa shape index (κ2) is 5.65. The highest BCUT2D eigenvalue weighted by molar-refractivity contribution is 7.89. The zero-order valence-corrected chi connectivity index (χ0v) is 10.6. The van der Waals surface area contributed by atoms with Gasteiger partial charge >= 0.3 is 0 Å². The molecule has 0 aliphatic carbocycles. The minimum Gasteiger partial charge on any atom is -0.289 e. The van der Waals surface area contributed by atoms with Crippen LogP contribution in [0.2, 0.25) is 10.0 Å². The molecule has 1 aromatic rings. The Bertz CT molecular complexity index is 512. The summed E-state index contributed by atoms with van der Waals surface area (Å²) >= 11 is 11.3. The summed E-state index contributed by atoms with van der Waals surface area (Å²) in [4.78, 5) is 10.5. The lowest BCUT2D eigenvalue weighted by atomic mass is 10.4. The van der Waals surface area contributed by atoms with Crippen LogP contribution in [0.25, 0.3) is 0 Å². The molecule has 6 nitrogen and oxygen atoms in total. The summed E-state index contributed by atoms with van der Waals surface area (Å²) in [6, 6.07) is 3.75. The Kier molecular flexibility index (Phi) is 4.72. The molecular formula is C8H8Cl2N2O4S. The van der Waals surface area contributed by atoms with Crippen LogP contribution in [0, 0.1) is 0 Å². The van der Waals surface area contributed by atoms with Gasteiger partial charge in [-0.05, 0) is 18.2 Å². The van der Waals surface area contributed by atoms with Gasteiger partial charge < -0.3 is 0 Å². The standard InChI is InChI=1S/C8H8Cl2N2O4S/c9-5-1-6(10)3-7(2-5)17(15,16)11-4-8(13)12-14/h1-3,11,14H,4H2,(H,12,13). The zero-order valence-electron chi connectivity index (χ0n) is 8.28. The average Bonchev–Trinajstić information content (AvgIpc) is 2.24. The van der Waals surface area contributed by atoms with Gasteiger partial charge in [-0.2, -0.15) is 0 Å². The number of carbonyl (C=O) groups is 1. The molecule has 1 rings (SSSR count). The van der Waals surface area contributed by atoms with Gasteiger partial charge in [0.2, 0.25) is 10.0 Å². The number of benzene rings is 1. The van der Waals surface area contributed by atoms with Gasteiger partial charge in [0.05, 0.1) is 11.4 Å². The first-order valence-electron chi connectivity index (χ1n) is 4.24. The van der Waals surface area contributed by atoms with Crippen LogP contribution in [0.4, 0.5) is 0 Å². The predicted molar refractivity (Wildman–Crippen MR) is 61.6 cm³/mol. The third-order valence-corrected chi connectivity index (χ3v) is 3.51. The van der Waals surface area contributed by atoms with Gasteiger partial charge in [-0.15, -0.1) is 0 Å². The third kappa shape index (κ3) is 4.14. The van der Waals surface area contributed by atoms with Crippen molar-refractivity contribution < 1.29 is 18.4 Å². The Labute approximate surface area is 108 Å². The number of rotatable bonds is 4. The quantitative estimate of drug-likeness (QED) is 0.565. The number of hydrogen-bond donors (Lipinski definition) is 3. The fraction of sp³-hybridized carbons (Fsp3) is 0.125. The van der Waals surface area contributed by atoms with Crippen LogP contribution < -0.4 is 10.2 Å². The van der Waals surface area contributed by atoms with Crippen molar-refractivity contribution in [1.29, 1.82) is 0 Å². The van der Waals surface area contributed by atoms with E-state index in [1.54, 1.807) is 0 Å². The Morgan fingerprint density at radius 2 is 1.76 bits per heavy atom. The summed E-state index contributed by atoms with van der Waals surface area (Å²) in [6.45, 7) is -0.594. The summed E-state index contributed by atoms with van der Waals surface area (Å²) in [5.41, 5.74) is 1.29. The van der Waals surface area contributed by atoms with E-state index in [9.17, 15) is 13.2 Å². The topological polar surface area (TPSA) is 95.5 Å². The highest BCUT2D eigenvalue weighted by Crippen LogP contribution is 2.21. The van der Waals surface area contributed by atoms with E-state index in [1.165, 1.54) is 23.7 Å². The Morgan fingerprint density at radius 1 is 1.24 bits per heavy atom. The summed E-state index contributed by atoms with van der Waals surface area (Å²) < 4.78 is 25.3. The van der Waals surface area contributed by atoms with Crippen molar-refractivity contribution in [2.45, 2.75) is 4.90 Å². The van der Waals surface area contributed by atoms with Crippen LogP contribution in [-0.2, 0) is 14.8 Å². The van der Waals surface area contributed by atoms with E-state index in [0.717, 1.165) is 0 Å². The molecule has 0 unspecified atom stereocenters. The molecule has 0 saturated carbocycles. The molecule has 1 aromatic carbocycles. The molecule has 0 atom stereocenters. The van der Waals surface area contributed by atoms with Crippen molar-refractivity contribution in [3.63, 3.8) is 0 Å². The van der Waals surface area contributed by atoms with Crippen molar-refractivity contribution in [1.82, 2.24) is 10.2 Å². The maximum absolute atomic E-state index is 11.7. The summed E-state index contributed by atoms with van der Waals surface area (Å²) in [5.74, 6) is -0.887. The highest BCUT2D eigenvalue weighted by Gasteiger charge is 2.16. The normalized spacial score (nSPS) is 11.2. The molecule has 3 N–H and O–H groups in total. The van der Waals surface area contributed by atoms with Gasteiger partial charge in [0, 0.05) is 10.0 Å². The highest BCUT2D eigenvalue weighted by atomic mass is 35.5. The molecule has 17 heavy (non-hydrogen) atoms. The molecule has 0 bridgehead atoms. The third-order valence-electron chi connectivity index (χ3n) is 1.69. The summed E-state index contributed by atoms with van der Waals surface area (Å²) in [5, 5.41) is 8.53. The molecular weight excluding hydrogens is 291 g/mol. The molecule has 0 saturated heterocycles. The van der Waals surface area contributed by atoms with Crippen molar-refractivity contribution >= 4 is 39.1 Å². The smallest absolute Gasteiger partial charge is 0.258 e. The minimum absolute atomic E-state index is 0.157. The van der Waals surface area contributed by atoms with E-state index in [2.05, 4.69) is 0 Å². The zero-order chi connectivity index (χ0) is 13.1.